The molecule has 0 radical (unpaired) electrons. The zero-order valence-corrected chi connectivity index (χ0v) is 12.2. The SMILES string of the molecule is Cc1ccc([C@@H]2Cc3ccccc3-c3ccccc32)cc1. The smallest absolute Gasteiger partial charge is 0.0136 e. The van der Waals surface area contributed by atoms with Gasteiger partial charge in [-0.2, -0.15) is 0 Å². The Morgan fingerprint density at radius 2 is 1.38 bits per heavy atom. The van der Waals surface area contributed by atoms with Gasteiger partial charge in [0.05, 0.1) is 0 Å². The number of hydrogen-bond donors (Lipinski definition) is 0. The maximum absolute atomic E-state index is 2.29. The van der Waals surface area contributed by atoms with Crippen LogP contribution in [0.1, 0.15) is 28.2 Å². The number of rotatable bonds is 1. The average Bonchev–Trinajstić information content (AvgIpc) is 2.55. The summed E-state index contributed by atoms with van der Waals surface area (Å²) in [4.78, 5) is 0. The van der Waals surface area contributed by atoms with E-state index in [1.54, 1.807) is 0 Å². The summed E-state index contributed by atoms with van der Waals surface area (Å²) < 4.78 is 0. The van der Waals surface area contributed by atoms with Gasteiger partial charge in [0.15, 0.2) is 0 Å². The summed E-state index contributed by atoms with van der Waals surface area (Å²) in [6, 6.07) is 26.7. The van der Waals surface area contributed by atoms with E-state index >= 15 is 0 Å². The molecule has 0 bridgehead atoms. The van der Waals surface area contributed by atoms with Crippen LogP contribution < -0.4 is 0 Å². The number of hydrogen-bond acceptors (Lipinski definition) is 0. The fourth-order valence-corrected chi connectivity index (χ4v) is 3.43. The second-order valence-electron chi connectivity index (χ2n) is 5.91. The van der Waals surface area contributed by atoms with Crippen molar-refractivity contribution >= 4 is 0 Å². The molecule has 21 heavy (non-hydrogen) atoms. The van der Waals surface area contributed by atoms with Gasteiger partial charge in [-0.1, -0.05) is 78.4 Å². The second-order valence-corrected chi connectivity index (χ2v) is 5.91. The van der Waals surface area contributed by atoms with Crippen LogP contribution in [0.15, 0.2) is 72.8 Å². The molecule has 0 aliphatic heterocycles. The highest BCUT2D eigenvalue weighted by molar-refractivity contribution is 5.75. The van der Waals surface area contributed by atoms with Gasteiger partial charge in [0, 0.05) is 5.92 Å². The molecule has 0 heterocycles. The molecule has 102 valence electrons. The standard InChI is InChI=1S/C21H18/c1-15-10-12-16(13-11-15)21-14-17-6-2-3-7-18(17)19-8-4-5-9-20(19)21/h2-13,21H,14H2,1H3/t21-/m0/s1. The summed E-state index contributed by atoms with van der Waals surface area (Å²) in [6.07, 6.45) is 1.09. The topological polar surface area (TPSA) is 0 Å². The third-order valence-corrected chi connectivity index (χ3v) is 4.55. The van der Waals surface area contributed by atoms with E-state index in [0.29, 0.717) is 5.92 Å². The molecule has 0 nitrogen and oxygen atoms in total. The lowest BCUT2D eigenvalue weighted by Gasteiger charge is -2.28. The minimum absolute atomic E-state index is 0.469. The van der Waals surface area contributed by atoms with Gasteiger partial charge in [-0.3, -0.25) is 0 Å². The Hall–Kier alpha value is -2.34. The number of benzene rings is 3. The van der Waals surface area contributed by atoms with Gasteiger partial charge in [-0.15, -0.1) is 0 Å². The summed E-state index contributed by atoms with van der Waals surface area (Å²) in [7, 11) is 0. The lowest BCUT2D eigenvalue weighted by Crippen LogP contribution is -2.12. The van der Waals surface area contributed by atoms with Crippen LogP contribution in [-0.4, -0.2) is 0 Å². The summed E-state index contributed by atoms with van der Waals surface area (Å²) in [5.41, 5.74) is 8.45. The monoisotopic (exact) mass is 270 g/mol. The Morgan fingerprint density at radius 3 is 2.19 bits per heavy atom. The first kappa shape index (κ1) is 12.4. The average molecular weight is 270 g/mol. The van der Waals surface area contributed by atoms with Gasteiger partial charge in [0.1, 0.15) is 0 Å². The van der Waals surface area contributed by atoms with E-state index in [2.05, 4.69) is 79.7 Å². The second kappa shape index (κ2) is 4.89. The molecule has 0 amide bonds. The predicted molar refractivity (Wildman–Crippen MR) is 88.6 cm³/mol. The van der Waals surface area contributed by atoms with Crippen molar-refractivity contribution in [3.8, 4) is 11.1 Å². The molecule has 0 saturated carbocycles. The molecule has 0 heteroatoms. The molecule has 4 rings (SSSR count). The molecule has 0 aromatic heterocycles. The lowest BCUT2D eigenvalue weighted by molar-refractivity contribution is 0.793. The van der Waals surface area contributed by atoms with E-state index in [-0.39, 0.29) is 0 Å². The molecule has 1 atom stereocenters. The molecule has 3 aromatic rings. The van der Waals surface area contributed by atoms with Gasteiger partial charge in [-0.25, -0.2) is 0 Å². The van der Waals surface area contributed by atoms with Crippen molar-refractivity contribution in [2.75, 3.05) is 0 Å². The third kappa shape index (κ3) is 2.08. The zero-order chi connectivity index (χ0) is 14.2. The van der Waals surface area contributed by atoms with E-state index < -0.39 is 0 Å². The van der Waals surface area contributed by atoms with Crippen molar-refractivity contribution in [2.45, 2.75) is 19.3 Å². The summed E-state index contributed by atoms with van der Waals surface area (Å²) >= 11 is 0. The van der Waals surface area contributed by atoms with Gasteiger partial charge in [0.2, 0.25) is 0 Å². The predicted octanol–water partition coefficient (Wildman–Crippen LogP) is 5.35. The molecular weight excluding hydrogens is 252 g/mol. The van der Waals surface area contributed by atoms with Crippen molar-refractivity contribution in [2.24, 2.45) is 0 Å². The Labute approximate surface area is 126 Å². The van der Waals surface area contributed by atoms with E-state index in [1.165, 1.54) is 33.4 Å². The molecule has 0 N–H and O–H groups in total. The van der Waals surface area contributed by atoms with Crippen LogP contribution in [0.25, 0.3) is 11.1 Å². The highest BCUT2D eigenvalue weighted by Gasteiger charge is 2.24. The van der Waals surface area contributed by atoms with Gasteiger partial charge >= 0.3 is 0 Å². The highest BCUT2D eigenvalue weighted by Crippen LogP contribution is 2.42. The van der Waals surface area contributed by atoms with Crippen molar-refractivity contribution < 1.29 is 0 Å². The van der Waals surface area contributed by atoms with Crippen LogP contribution in [0.3, 0.4) is 0 Å². The zero-order valence-electron chi connectivity index (χ0n) is 12.2. The maximum Gasteiger partial charge on any atom is 0.0136 e. The summed E-state index contributed by atoms with van der Waals surface area (Å²) in [6.45, 7) is 2.15. The first-order valence-electron chi connectivity index (χ1n) is 7.57. The fourth-order valence-electron chi connectivity index (χ4n) is 3.43. The van der Waals surface area contributed by atoms with Crippen LogP contribution in [0.4, 0.5) is 0 Å². The van der Waals surface area contributed by atoms with E-state index in [1.807, 2.05) is 0 Å². The van der Waals surface area contributed by atoms with Crippen LogP contribution in [0.5, 0.6) is 0 Å². The molecule has 1 aliphatic carbocycles. The van der Waals surface area contributed by atoms with Gasteiger partial charge < -0.3 is 0 Å². The van der Waals surface area contributed by atoms with Crippen LogP contribution in [-0.2, 0) is 6.42 Å². The van der Waals surface area contributed by atoms with Crippen LogP contribution in [0, 0.1) is 6.92 Å². The van der Waals surface area contributed by atoms with Crippen molar-refractivity contribution in [1.82, 2.24) is 0 Å². The van der Waals surface area contributed by atoms with Crippen molar-refractivity contribution in [3.05, 3.63) is 95.1 Å². The van der Waals surface area contributed by atoms with Crippen molar-refractivity contribution in [3.63, 3.8) is 0 Å². The number of fused-ring (bicyclic) bond motifs is 3. The van der Waals surface area contributed by atoms with Crippen molar-refractivity contribution in [1.29, 1.82) is 0 Å². The normalized spacial score (nSPS) is 16.1. The first-order valence-corrected chi connectivity index (χ1v) is 7.57. The lowest BCUT2D eigenvalue weighted by atomic mass is 9.76. The minimum Gasteiger partial charge on any atom is -0.0620 e. The maximum atomic E-state index is 2.29. The molecule has 0 unspecified atom stereocenters. The molecule has 3 aromatic carbocycles. The first-order chi connectivity index (χ1) is 10.3. The Morgan fingerprint density at radius 1 is 0.714 bits per heavy atom. The molecule has 0 fully saturated rings. The number of aryl methyl sites for hydroxylation is 1. The quantitative estimate of drug-likeness (QED) is 0.559. The van der Waals surface area contributed by atoms with Crippen LogP contribution in [0.2, 0.25) is 0 Å². The van der Waals surface area contributed by atoms with E-state index in [4.69, 9.17) is 0 Å². The Balaban J connectivity index is 1.90. The minimum atomic E-state index is 0.469. The highest BCUT2D eigenvalue weighted by atomic mass is 14.3. The largest absolute Gasteiger partial charge is 0.0620 e. The summed E-state index contributed by atoms with van der Waals surface area (Å²) in [5.74, 6) is 0.469. The Kier molecular flexibility index (Phi) is 2.89. The van der Waals surface area contributed by atoms with E-state index in [9.17, 15) is 0 Å². The van der Waals surface area contributed by atoms with Gasteiger partial charge in [-0.05, 0) is 41.2 Å². The third-order valence-electron chi connectivity index (χ3n) is 4.55. The van der Waals surface area contributed by atoms with Gasteiger partial charge in [0.25, 0.3) is 0 Å². The molecular formula is C21H18. The molecule has 0 spiro atoms. The van der Waals surface area contributed by atoms with E-state index in [0.717, 1.165) is 6.42 Å². The molecule has 0 saturated heterocycles. The summed E-state index contributed by atoms with van der Waals surface area (Å²) in [5, 5.41) is 0. The Bertz CT molecular complexity index is 781. The van der Waals surface area contributed by atoms with Crippen LogP contribution >= 0.6 is 0 Å². The molecule has 1 aliphatic rings. The fraction of sp³-hybridized carbons (Fsp3) is 0.143.